The van der Waals surface area contributed by atoms with Crippen LogP contribution in [0.5, 0.6) is 0 Å². The van der Waals surface area contributed by atoms with E-state index < -0.39 is 0 Å². The smallest absolute Gasteiger partial charge is 0.270 e. The number of nitrogen functional groups attached to an aromatic ring is 1. The standard InChI is InChI=1S/C12H17N3O/c1-12(2,8-3-4-8)15-11(16)10-7-9(13)5-6-14-10/h5-8H,3-4H2,1-2H3,(H2,13,14)(H,15,16). The summed E-state index contributed by atoms with van der Waals surface area (Å²) in [5.41, 5.74) is 6.41. The number of nitrogens with two attached hydrogens (primary N) is 1. The largest absolute Gasteiger partial charge is 0.399 e. The highest BCUT2D eigenvalue weighted by molar-refractivity contribution is 5.93. The molecule has 1 aromatic rings. The average molecular weight is 219 g/mol. The lowest BCUT2D eigenvalue weighted by atomic mass is 9.98. The molecule has 0 aromatic carbocycles. The van der Waals surface area contributed by atoms with E-state index in [2.05, 4.69) is 24.1 Å². The van der Waals surface area contributed by atoms with Crippen molar-refractivity contribution in [2.24, 2.45) is 5.92 Å². The summed E-state index contributed by atoms with van der Waals surface area (Å²) in [7, 11) is 0. The highest BCUT2D eigenvalue weighted by Crippen LogP contribution is 2.39. The second kappa shape index (κ2) is 3.77. The Morgan fingerprint density at radius 2 is 2.25 bits per heavy atom. The summed E-state index contributed by atoms with van der Waals surface area (Å²) in [6, 6.07) is 3.27. The quantitative estimate of drug-likeness (QED) is 0.811. The first-order valence-corrected chi connectivity index (χ1v) is 5.53. The predicted octanol–water partition coefficient (Wildman–Crippen LogP) is 1.58. The van der Waals surface area contributed by atoms with Crippen LogP contribution < -0.4 is 11.1 Å². The van der Waals surface area contributed by atoms with E-state index in [0.29, 0.717) is 17.3 Å². The second-order valence-electron chi connectivity index (χ2n) is 4.92. The normalized spacial score (nSPS) is 15.9. The van der Waals surface area contributed by atoms with Gasteiger partial charge in [-0.3, -0.25) is 9.78 Å². The number of hydrogen-bond acceptors (Lipinski definition) is 3. The highest BCUT2D eigenvalue weighted by Gasteiger charge is 2.38. The summed E-state index contributed by atoms with van der Waals surface area (Å²) < 4.78 is 0. The average Bonchev–Trinajstić information content (AvgIpc) is 3.00. The highest BCUT2D eigenvalue weighted by atomic mass is 16.2. The molecule has 1 fully saturated rings. The van der Waals surface area contributed by atoms with Gasteiger partial charge in [-0.15, -0.1) is 0 Å². The fourth-order valence-corrected chi connectivity index (χ4v) is 1.83. The first kappa shape index (κ1) is 10.9. The fourth-order valence-electron chi connectivity index (χ4n) is 1.83. The Morgan fingerprint density at radius 3 is 2.81 bits per heavy atom. The zero-order chi connectivity index (χ0) is 11.8. The van der Waals surface area contributed by atoms with E-state index in [9.17, 15) is 4.79 Å². The Labute approximate surface area is 95.3 Å². The summed E-state index contributed by atoms with van der Waals surface area (Å²) in [5.74, 6) is 0.446. The number of pyridine rings is 1. The van der Waals surface area contributed by atoms with Crippen molar-refractivity contribution in [3.63, 3.8) is 0 Å². The molecule has 86 valence electrons. The minimum absolute atomic E-state index is 0.149. The van der Waals surface area contributed by atoms with E-state index in [4.69, 9.17) is 5.73 Å². The Bertz CT molecular complexity index is 410. The van der Waals surface area contributed by atoms with Crippen molar-refractivity contribution in [1.82, 2.24) is 10.3 Å². The van der Waals surface area contributed by atoms with E-state index in [-0.39, 0.29) is 11.4 Å². The van der Waals surface area contributed by atoms with E-state index in [1.54, 1.807) is 18.3 Å². The van der Waals surface area contributed by atoms with Crippen molar-refractivity contribution >= 4 is 11.6 Å². The minimum Gasteiger partial charge on any atom is -0.399 e. The van der Waals surface area contributed by atoms with Crippen LogP contribution in [0.2, 0.25) is 0 Å². The van der Waals surface area contributed by atoms with Gasteiger partial charge in [-0.2, -0.15) is 0 Å². The third-order valence-corrected chi connectivity index (χ3v) is 3.05. The van der Waals surface area contributed by atoms with Gasteiger partial charge in [0.15, 0.2) is 0 Å². The Hall–Kier alpha value is -1.58. The van der Waals surface area contributed by atoms with Crippen LogP contribution in [0.15, 0.2) is 18.3 Å². The molecule has 2 rings (SSSR count). The molecule has 16 heavy (non-hydrogen) atoms. The molecule has 1 amide bonds. The van der Waals surface area contributed by atoms with Gasteiger partial charge in [0.2, 0.25) is 0 Å². The van der Waals surface area contributed by atoms with Crippen LogP contribution in [0.25, 0.3) is 0 Å². The van der Waals surface area contributed by atoms with Gasteiger partial charge in [-0.25, -0.2) is 0 Å². The lowest BCUT2D eigenvalue weighted by Crippen LogP contribution is -2.45. The molecule has 1 aliphatic carbocycles. The molecule has 0 bridgehead atoms. The van der Waals surface area contributed by atoms with Crippen molar-refractivity contribution in [3.05, 3.63) is 24.0 Å². The number of aromatic nitrogens is 1. The van der Waals surface area contributed by atoms with Gasteiger partial charge in [-0.05, 0) is 44.7 Å². The molecule has 0 spiro atoms. The van der Waals surface area contributed by atoms with Crippen LogP contribution in [0.1, 0.15) is 37.2 Å². The summed E-state index contributed by atoms with van der Waals surface area (Å²) in [4.78, 5) is 15.9. The maximum absolute atomic E-state index is 11.9. The number of nitrogens with one attached hydrogen (secondary N) is 1. The molecule has 1 saturated carbocycles. The number of hydrogen-bond donors (Lipinski definition) is 2. The number of rotatable bonds is 3. The molecule has 1 heterocycles. The summed E-state index contributed by atoms with van der Waals surface area (Å²) >= 11 is 0. The first-order valence-electron chi connectivity index (χ1n) is 5.53. The Morgan fingerprint density at radius 1 is 1.56 bits per heavy atom. The maximum atomic E-state index is 11.9. The second-order valence-corrected chi connectivity index (χ2v) is 4.92. The molecule has 3 N–H and O–H groups in total. The van der Waals surface area contributed by atoms with E-state index in [1.807, 2.05) is 0 Å². The minimum atomic E-state index is -0.149. The van der Waals surface area contributed by atoms with E-state index in [0.717, 1.165) is 0 Å². The topological polar surface area (TPSA) is 68.0 Å². The molecular weight excluding hydrogens is 202 g/mol. The lowest BCUT2D eigenvalue weighted by Gasteiger charge is -2.25. The number of carbonyl (C=O) groups excluding carboxylic acids is 1. The molecule has 4 heteroatoms. The van der Waals surface area contributed by atoms with Crippen molar-refractivity contribution < 1.29 is 4.79 Å². The third kappa shape index (κ3) is 2.32. The molecule has 0 unspecified atom stereocenters. The van der Waals surface area contributed by atoms with Crippen LogP contribution >= 0.6 is 0 Å². The molecule has 4 nitrogen and oxygen atoms in total. The SMILES string of the molecule is CC(C)(NC(=O)c1cc(N)ccn1)C1CC1. The molecule has 0 radical (unpaired) electrons. The molecule has 0 saturated heterocycles. The maximum Gasteiger partial charge on any atom is 0.270 e. The summed E-state index contributed by atoms with van der Waals surface area (Å²) in [5, 5.41) is 3.00. The fraction of sp³-hybridized carbons (Fsp3) is 0.500. The van der Waals surface area contributed by atoms with Gasteiger partial charge < -0.3 is 11.1 Å². The third-order valence-electron chi connectivity index (χ3n) is 3.05. The van der Waals surface area contributed by atoms with Gasteiger partial charge in [0.25, 0.3) is 5.91 Å². The van der Waals surface area contributed by atoms with Crippen molar-refractivity contribution in [2.75, 3.05) is 5.73 Å². The molecule has 0 atom stereocenters. The molecule has 1 aromatic heterocycles. The molecular formula is C12H17N3O. The van der Waals surface area contributed by atoms with Crippen LogP contribution in [0, 0.1) is 5.92 Å². The van der Waals surface area contributed by atoms with Crippen LogP contribution in [-0.2, 0) is 0 Å². The van der Waals surface area contributed by atoms with Gasteiger partial charge >= 0.3 is 0 Å². The monoisotopic (exact) mass is 219 g/mol. The summed E-state index contributed by atoms with van der Waals surface area (Å²) in [6.45, 7) is 4.10. The van der Waals surface area contributed by atoms with Crippen LogP contribution in [-0.4, -0.2) is 16.4 Å². The van der Waals surface area contributed by atoms with Crippen molar-refractivity contribution in [3.8, 4) is 0 Å². The Kier molecular flexibility index (Phi) is 2.58. The van der Waals surface area contributed by atoms with Gasteiger partial charge in [0, 0.05) is 17.4 Å². The van der Waals surface area contributed by atoms with E-state index in [1.165, 1.54) is 12.8 Å². The zero-order valence-corrected chi connectivity index (χ0v) is 9.66. The van der Waals surface area contributed by atoms with Crippen molar-refractivity contribution in [1.29, 1.82) is 0 Å². The number of nitrogens with zero attached hydrogens (tertiary/aromatic N) is 1. The van der Waals surface area contributed by atoms with Crippen LogP contribution in [0.3, 0.4) is 0 Å². The first-order chi connectivity index (χ1) is 7.49. The van der Waals surface area contributed by atoms with Gasteiger partial charge in [0.1, 0.15) is 5.69 Å². The summed E-state index contributed by atoms with van der Waals surface area (Å²) in [6.07, 6.45) is 3.93. The van der Waals surface area contributed by atoms with Crippen molar-refractivity contribution in [2.45, 2.75) is 32.2 Å². The number of carbonyl (C=O) groups is 1. The number of anilines is 1. The van der Waals surface area contributed by atoms with Gasteiger partial charge in [0.05, 0.1) is 0 Å². The number of amides is 1. The Balaban J connectivity index is 2.08. The molecule has 0 aliphatic heterocycles. The van der Waals surface area contributed by atoms with E-state index >= 15 is 0 Å². The van der Waals surface area contributed by atoms with Crippen LogP contribution in [0.4, 0.5) is 5.69 Å². The predicted molar refractivity (Wildman–Crippen MR) is 62.9 cm³/mol. The molecule has 1 aliphatic rings. The lowest BCUT2D eigenvalue weighted by molar-refractivity contribution is 0.0898. The van der Waals surface area contributed by atoms with Gasteiger partial charge in [-0.1, -0.05) is 0 Å². The zero-order valence-electron chi connectivity index (χ0n) is 9.66.